The monoisotopic (exact) mass is 460 g/mol. The van der Waals surface area contributed by atoms with E-state index >= 15 is 0 Å². The van der Waals surface area contributed by atoms with Crippen molar-refractivity contribution in [2.75, 3.05) is 46.4 Å². The topological polar surface area (TPSA) is 48.9 Å². The van der Waals surface area contributed by atoms with Gasteiger partial charge in [-0.15, -0.1) is 24.0 Å². The molecule has 2 rings (SSSR count). The van der Waals surface area contributed by atoms with E-state index in [0.29, 0.717) is 0 Å². The maximum absolute atomic E-state index is 5.06. The van der Waals surface area contributed by atoms with Crippen molar-refractivity contribution in [1.29, 1.82) is 0 Å². The van der Waals surface area contributed by atoms with Gasteiger partial charge in [0, 0.05) is 53.0 Å². The molecule has 0 fully saturated rings. The molecule has 0 amide bonds. The molecule has 2 N–H and O–H groups in total. The average Bonchev–Trinajstić information content (AvgIpc) is 2.62. The number of fused-ring (bicyclic) bond motifs is 1. The van der Waals surface area contributed by atoms with Crippen LogP contribution in [0.3, 0.4) is 0 Å². The fraction of sp³-hybridized carbons (Fsp3) is 0.632. The summed E-state index contributed by atoms with van der Waals surface area (Å²) in [4.78, 5) is 7.11. The number of nitrogens with one attached hydrogen (secondary N) is 2. The van der Waals surface area contributed by atoms with E-state index in [1.165, 1.54) is 24.1 Å². The highest BCUT2D eigenvalue weighted by atomic mass is 127. The summed E-state index contributed by atoms with van der Waals surface area (Å²) >= 11 is 0. The molecule has 0 saturated heterocycles. The van der Waals surface area contributed by atoms with Gasteiger partial charge in [-0.05, 0) is 37.3 Å². The summed E-state index contributed by atoms with van der Waals surface area (Å²) in [6, 6.07) is 8.81. The minimum atomic E-state index is 0. The molecule has 1 aliphatic heterocycles. The first-order chi connectivity index (χ1) is 11.8. The van der Waals surface area contributed by atoms with E-state index in [-0.39, 0.29) is 24.0 Å². The lowest BCUT2D eigenvalue weighted by atomic mass is 10.00. The fourth-order valence-electron chi connectivity index (χ4n) is 3.00. The summed E-state index contributed by atoms with van der Waals surface area (Å²) in [5.74, 6) is 0.914. The van der Waals surface area contributed by atoms with Gasteiger partial charge in [-0.1, -0.05) is 24.3 Å². The molecule has 1 aromatic carbocycles. The zero-order valence-corrected chi connectivity index (χ0v) is 17.9. The van der Waals surface area contributed by atoms with E-state index in [9.17, 15) is 0 Å². The SMILES string of the molecule is CCNC(=NCCCOC)NCCCN1CCc2ccccc2C1.I. The van der Waals surface area contributed by atoms with Crippen LogP contribution < -0.4 is 10.6 Å². The third-order valence-corrected chi connectivity index (χ3v) is 4.27. The van der Waals surface area contributed by atoms with Gasteiger partial charge < -0.3 is 15.4 Å². The number of guanidine groups is 1. The van der Waals surface area contributed by atoms with Crippen LogP contribution in [0.15, 0.2) is 29.3 Å². The summed E-state index contributed by atoms with van der Waals surface area (Å²) in [6.45, 7) is 8.88. The fourth-order valence-corrected chi connectivity index (χ4v) is 3.00. The van der Waals surface area contributed by atoms with Gasteiger partial charge in [0.1, 0.15) is 0 Å². The van der Waals surface area contributed by atoms with Crippen LogP contribution in [0.25, 0.3) is 0 Å². The molecule has 0 saturated carbocycles. The van der Waals surface area contributed by atoms with Gasteiger partial charge in [0.05, 0.1) is 0 Å². The van der Waals surface area contributed by atoms with Crippen LogP contribution in [-0.4, -0.2) is 57.3 Å². The molecule has 142 valence electrons. The molecule has 0 aliphatic carbocycles. The summed E-state index contributed by atoms with van der Waals surface area (Å²) in [5, 5.41) is 6.72. The molecular weight excluding hydrogens is 427 g/mol. The van der Waals surface area contributed by atoms with Gasteiger partial charge in [0.25, 0.3) is 0 Å². The van der Waals surface area contributed by atoms with E-state index < -0.39 is 0 Å². The lowest BCUT2D eigenvalue weighted by Crippen LogP contribution is -2.39. The molecule has 1 heterocycles. The Balaban J connectivity index is 0.00000312. The smallest absolute Gasteiger partial charge is 0.191 e. The first kappa shape index (κ1) is 22.2. The number of ether oxygens (including phenoxy) is 1. The Labute approximate surface area is 169 Å². The maximum Gasteiger partial charge on any atom is 0.191 e. The Morgan fingerprint density at radius 3 is 2.76 bits per heavy atom. The van der Waals surface area contributed by atoms with Gasteiger partial charge in [-0.2, -0.15) is 0 Å². The van der Waals surface area contributed by atoms with Crippen molar-refractivity contribution in [2.45, 2.75) is 32.7 Å². The number of nitrogens with zero attached hydrogens (tertiary/aromatic N) is 2. The quantitative estimate of drug-likeness (QED) is 0.258. The van der Waals surface area contributed by atoms with Crippen LogP contribution in [0.2, 0.25) is 0 Å². The van der Waals surface area contributed by atoms with E-state index in [2.05, 4.69) is 51.7 Å². The second-order valence-corrected chi connectivity index (χ2v) is 6.18. The van der Waals surface area contributed by atoms with Crippen molar-refractivity contribution in [3.63, 3.8) is 0 Å². The molecule has 0 bridgehead atoms. The van der Waals surface area contributed by atoms with Crippen LogP contribution in [0.5, 0.6) is 0 Å². The van der Waals surface area contributed by atoms with Crippen LogP contribution in [0.4, 0.5) is 0 Å². The highest BCUT2D eigenvalue weighted by Gasteiger charge is 2.14. The maximum atomic E-state index is 5.06. The predicted molar refractivity (Wildman–Crippen MR) is 116 cm³/mol. The second-order valence-electron chi connectivity index (χ2n) is 6.18. The number of halogens is 1. The van der Waals surface area contributed by atoms with Gasteiger partial charge in [0.2, 0.25) is 0 Å². The highest BCUT2D eigenvalue weighted by molar-refractivity contribution is 14.0. The van der Waals surface area contributed by atoms with E-state index in [1.807, 2.05) is 0 Å². The summed E-state index contributed by atoms with van der Waals surface area (Å²) in [7, 11) is 1.73. The molecule has 0 aromatic heterocycles. The molecule has 0 spiro atoms. The Hall–Kier alpha value is -0.860. The standard InChI is InChI=1S/C19H32N4O.HI/c1-3-20-19(22-12-7-15-24-2)21-11-6-13-23-14-10-17-8-4-5-9-18(17)16-23;/h4-5,8-9H,3,6-7,10-16H2,1-2H3,(H2,20,21,22);1H. The molecule has 0 radical (unpaired) electrons. The molecule has 0 unspecified atom stereocenters. The van der Waals surface area contributed by atoms with Crippen LogP contribution in [0, 0.1) is 0 Å². The van der Waals surface area contributed by atoms with Crippen LogP contribution >= 0.6 is 24.0 Å². The van der Waals surface area contributed by atoms with Gasteiger partial charge in [-0.25, -0.2) is 0 Å². The zero-order chi connectivity index (χ0) is 17.0. The van der Waals surface area contributed by atoms with Crippen LogP contribution in [0.1, 0.15) is 30.9 Å². The summed E-state index contributed by atoms with van der Waals surface area (Å²) in [5.41, 5.74) is 3.01. The van der Waals surface area contributed by atoms with Gasteiger partial charge in [0.15, 0.2) is 5.96 Å². The number of benzene rings is 1. The number of aliphatic imine (C=N–C) groups is 1. The Morgan fingerprint density at radius 1 is 1.20 bits per heavy atom. The molecule has 1 aliphatic rings. The minimum Gasteiger partial charge on any atom is -0.385 e. The summed E-state index contributed by atoms with van der Waals surface area (Å²) in [6.07, 6.45) is 3.26. The number of rotatable bonds is 9. The van der Waals surface area contributed by atoms with Crippen molar-refractivity contribution in [2.24, 2.45) is 4.99 Å². The number of hydrogen-bond donors (Lipinski definition) is 2. The lowest BCUT2D eigenvalue weighted by Gasteiger charge is -2.28. The first-order valence-electron chi connectivity index (χ1n) is 9.13. The molecule has 6 heteroatoms. The van der Waals surface area contributed by atoms with Crippen LogP contribution in [-0.2, 0) is 17.7 Å². The highest BCUT2D eigenvalue weighted by Crippen LogP contribution is 2.18. The zero-order valence-electron chi connectivity index (χ0n) is 15.6. The Kier molecular flexibility index (Phi) is 11.9. The third-order valence-electron chi connectivity index (χ3n) is 4.27. The lowest BCUT2D eigenvalue weighted by molar-refractivity contribution is 0.197. The Morgan fingerprint density at radius 2 is 2.00 bits per heavy atom. The van der Waals surface area contributed by atoms with Crippen molar-refractivity contribution < 1.29 is 4.74 Å². The van der Waals surface area contributed by atoms with Gasteiger partial charge >= 0.3 is 0 Å². The second kappa shape index (κ2) is 13.4. The van der Waals surface area contributed by atoms with Gasteiger partial charge in [-0.3, -0.25) is 9.89 Å². The van der Waals surface area contributed by atoms with E-state index in [1.54, 1.807) is 7.11 Å². The molecular formula is C19H33IN4O. The van der Waals surface area contributed by atoms with Crippen molar-refractivity contribution in [3.05, 3.63) is 35.4 Å². The first-order valence-corrected chi connectivity index (χ1v) is 9.13. The van der Waals surface area contributed by atoms with Crippen molar-refractivity contribution >= 4 is 29.9 Å². The number of hydrogen-bond acceptors (Lipinski definition) is 3. The van der Waals surface area contributed by atoms with E-state index in [4.69, 9.17) is 4.74 Å². The number of methoxy groups -OCH3 is 1. The Bertz CT molecular complexity index is 510. The minimum absolute atomic E-state index is 0. The van der Waals surface area contributed by atoms with Crippen molar-refractivity contribution in [1.82, 2.24) is 15.5 Å². The predicted octanol–water partition coefficient (Wildman–Crippen LogP) is 2.64. The molecule has 5 nitrogen and oxygen atoms in total. The molecule has 0 atom stereocenters. The summed E-state index contributed by atoms with van der Waals surface area (Å²) < 4.78 is 5.06. The third kappa shape index (κ3) is 8.37. The largest absolute Gasteiger partial charge is 0.385 e. The average molecular weight is 460 g/mol. The molecule has 1 aromatic rings. The normalized spacial score (nSPS) is 14.6. The van der Waals surface area contributed by atoms with E-state index in [0.717, 1.165) is 58.1 Å². The molecule has 25 heavy (non-hydrogen) atoms. The van der Waals surface area contributed by atoms with Crippen molar-refractivity contribution in [3.8, 4) is 0 Å².